The van der Waals surface area contributed by atoms with Gasteiger partial charge in [0.15, 0.2) is 9.84 Å². The first kappa shape index (κ1) is 13.7. The largest absolute Gasteiger partial charge is 0.308 e. The molecule has 1 aliphatic carbocycles. The molecule has 7 heteroatoms. The van der Waals surface area contributed by atoms with Gasteiger partial charge in [0.05, 0.1) is 4.90 Å². The van der Waals surface area contributed by atoms with Crippen LogP contribution in [-0.2, 0) is 16.4 Å². The number of nitrogens with one attached hydrogen (secondary N) is 1. The van der Waals surface area contributed by atoms with Crippen LogP contribution in [0.1, 0.15) is 17.8 Å². The van der Waals surface area contributed by atoms with Crippen LogP contribution in [-0.4, -0.2) is 30.9 Å². The van der Waals surface area contributed by atoms with Crippen LogP contribution in [0.2, 0.25) is 0 Å². The van der Waals surface area contributed by atoms with E-state index in [2.05, 4.69) is 15.5 Å². The lowest BCUT2D eigenvalue weighted by molar-refractivity contribution is 0.602. The van der Waals surface area contributed by atoms with E-state index in [-0.39, 0.29) is 0 Å². The Morgan fingerprint density at radius 3 is 2.85 bits per heavy atom. The zero-order valence-corrected chi connectivity index (χ0v) is 12.7. The van der Waals surface area contributed by atoms with Crippen molar-refractivity contribution in [1.82, 2.24) is 15.5 Å². The predicted molar refractivity (Wildman–Crippen MR) is 78.3 cm³/mol. The van der Waals surface area contributed by atoms with E-state index in [1.54, 1.807) is 18.2 Å². The van der Waals surface area contributed by atoms with Crippen molar-refractivity contribution in [2.24, 2.45) is 0 Å². The molecule has 1 fully saturated rings. The maximum Gasteiger partial charge on any atom is 0.175 e. The van der Waals surface area contributed by atoms with E-state index >= 15 is 0 Å². The summed E-state index contributed by atoms with van der Waals surface area (Å²) in [6.45, 7) is 0.730. The van der Waals surface area contributed by atoms with Crippen LogP contribution in [0.5, 0.6) is 0 Å². The molecule has 1 aromatic heterocycles. The summed E-state index contributed by atoms with van der Waals surface area (Å²) in [5.74, 6) is 0. The summed E-state index contributed by atoms with van der Waals surface area (Å²) in [5, 5.41) is 13.3. The Bertz CT molecular complexity index is 721. The van der Waals surface area contributed by atoms with Crippen molar-refractivity contribution in [1.29, 1.82) is 0 Å². The number of aromatic nitrogens is 2. The fourth-order valence-electron chi connectivity index (χ4n) is 1.82. The average Bonchev–Trinajstić information content (AvgIpc) is 3.12. The number of rotatable bonds is 5. The topological polar surface area (TPSA) is 72.0 Å². The molecule has 0 atom stereocenters. The Kier molecular flexibility index (Phi) is 3.57. The molecular weight excluding hydrogens is 294 g/mol. The number of sulfone groups is 1. The maximum absolute atomic E-state index is 11.6. The van der Waals surface area contributed by atoms with Gasteiger partial charge in [-0.25, -0.2) is 8.42 Å². The molecule has 20 heavy (non-hydrogen) atoms. The van der Waals surface area contributed by atoms with Gasteiger partial charge in [-0.05, 0) is 25.0 Å². The third-order valence-corrected chi connectivity index (χ3v) is 5.18. The van der Waals surface area contributed by atoms with Gasteiger partial charge in [-0.15, -0.1) is 10.2 Å². The second kappa shape index (κ2) is 5.23. The lowest BCUT2D eigenvalue weighted by Gasteiger charge is -2.00. The van der Waals surface area contributed by atoms with E-state index in [0.717, 1.165) is 22.1 Å². The fourth-order valence-corrected chi connectivity index (χ4v) is 3.27. The van der Waals surface area contributed by atoms with Gasteiger partial charge < -0.3 is 5.32 Å². The Morgan fingerprint density at radius 1 is 1.35 bits per heavy atom. The molecule has 1 aliphatic rings. The van der Waals surface area contributed by atoms with Crippen molar-refractivity contribution in [2.75, 3.05) is 6.26 Å². The second-order valence-electron chi connectivity index (χ2n) is 4.96. The fraction of sp³-hybridized carbons (Fsp3) is 0.385. The molecule has 5 nitrogen and oxygen atoms in total. The van der Waals surface area contributed by atoms with Gasteiger partial charge >= 0.3 is 0 Å². The summed E-state index contributed by atoms with van der Waals surface area (Å²) in [7, 11) is -3.20. The second-order valence-corrected chi connectivity index (χ2v) is 8.03. The summed E-state index contributed by atoms with van der Waals surface area (Å²) in [6, 6.07) is 7.46. The van der Waals surface area contributed by atoms with Gasteiger partial charge in [0.1, 0.15) is 10.0 Å². The van der Waals surface area contributed by atoms with Crippen LogP contribution in [0, 0.1) is 0 Å². The van der Waals surface area contributed by atoms with Crippen molar-refractivity contribution >= 4 is 21.2 Å². The Hall–Kier alpha value is -1.31. The number of hydrogen-bond donors (Lipinski definition) is 1. The smallest absolute Gasteiger partial charge is 0.175 e. The van der Waals surface area contributed by atoms with Crippen LogP contribution >= 0.6 is 11.3 Å². The highest BCUT2D eigenvalue weighted by molar-refractivity contribution is 7.90. The highest BCUT2D eigenvalue weighted by atomic mass is 32.2. The molecule has 0 aliphatic heterocycles. The molecule has 0 saturated heterocycles. The Balaban J connectivity index is 1.81. The lowest BCUT2D eigenvalue weighted by atomic mass is 10.2. The van der Waals surface area contributed by atoms with Gasteiger partial charge in [-0.1, -0.05) is 23.5 Å². The summed E-state index contributed by atoms with van der Waals surface area (Å²) in [5.41, 5.74) is 0.795. The summed E-state index contributed by atoms with van der Waals surface area (Å²) >= 11 is 1.50. The van der Waals surface area contributed by atoms with Crippen LogP contribution in [0.3, 0.4) is 0 Å². The predicted octanol–water partition coefficient (Wildman–Crippen LogP) is 1.86. The molecule has 106 valence electrons. The third kappa shape index (κ3) is 3.23. The summed E-state index contributed by atoms with van der Waals surface area (Å²) < 4.78 is 23.1. The number of benzene rings is 1. The van der Waals surface area contributed by atoms with E-state index in [1.165, 1.54) is 30.4 Å². The average molecular weight is 309 g/mol. The minimum Gasteiger partial charge on any atom is -0.308 e. The molecular formula is C13H15N3O2S2. The summed E-state index contributed by atoms with van der Waals surface area (Å²) in [6.07, 6.45) is 3.68. The first-order chi connectivity index (χ1) is 9.52. The molecule has 0 amide bonds. The molecule has 1 aromatic carbocycles. The van der Waals surface area contributed by atoms with Crippen LogP contribution in [0.4, 0.5) is 0 Å². The molecule has 3 rings (SSSR count). The van der Waals surface area contributed by atoms with Crippen LogP contribution in [0.15, 0.2) is 29.2 Å². The molecule has 1 N–H and O–H groups in total. The van der Waals surface area contributed by atoms with Gasteiger partial charge in [-0.2, -0.15) is 0 Å². The molecule has 2 aromatic rings. The number of hydrogen-bond acceptors (Lipinski definition) is 6. The molecule has 0 spiro atoms. The highest BCUT2D eigenvalue weighted by Gasteiger charge is 2.20. The molecule has 0 radical (unpaired) electrons. The van der Waals surface area contributed by atoms with Crippen LogP contribution < -0.4 is 5.32 Å². The van der Waals surface area contributed by atoms with E-state index in [9.17, 15) is 8.42 Å². The molecule has 1 heterocycles. The Labute approximate surface area is 122 Å². The SMILES string of the molecule is CS(=O)(=O)c1cccc(-c2nnc(CNC3CC3)s2)c1. The van der Waals surface area contributed by atoms with Gasteiger partial charge in [0.2, 0.25) is 0 Å². The summed E-state index contributed by atoms with van der Waals surface area (Å²) in [4.78, 5) is 0.308. The first-order valence-electron chi connectivity index (χ1n) is 6.38. The van der Waals surface area contributed by atoms with Gasteiger partial charge in [0, 0.05) is 24.4 Å². The van der Waals surface area contributed by atoms with E-state index < -0.39 is 9.84 Å². The Morgan fingerprint density at radius 2 is 2.15 bits per heavy atom. The van der Waals surface area contributed by atoms with E-state index in [1.807, 2.05) is 6.07 Å². The van der Waals surface area contributed by atoms with Crippen molar-refractivity contribution in [2.45, 2.75) is 30.3 Å². The number of nitrogens with zero attached hydrogens (tertiary/aromatic N) is 2. The zero-order valence-electron chi connectivity index (χ0n) is 11.0. The maximum atomic E-state index is 11.6. The van der Waals surface area contributed by atoms with Crippen molar-refractivity contribution in [3.63, 3.8) is 0 Å². The normalized spacial score (nSPS) is 15.4. The van der Waals surface area contributed by atoms with Crippen molar-refractivity contribution in [3.8, 4) is 10.6 Å². The first-order valence-corrected chi connectivity index (χ1v) is 9.09. The van der Waals surface area contributed by atoms with Crippen molar-refractivity contribution in [3.05, 3.63) is 29.3 Å². The van der Waals surface area contributed by atoms with E-state index in [0.29, 0.717) is 10.9 Å². The molecule has 1 saturated carbocycles. The molecule has 0 unspecified atom stereocenters. The minimum absolute atomic E-state index is 0.308. The van der Waals surface area contributed by atoms with Gasteiger partial charge in [-0.3, -0.25) is 0 Å². The lowest BCUT2D eigenvalue weighted by Crippen LogP contribution is -2.14. The van der Waals surface area contributed by atoms with E-state index in [4.69, 9.17) is 0 Å². The standard InChI is InChI=1S/C13H15N3O2S2/c1-20(17,18)11-4-2-3-9(7-11)13-16-15-12(19-13)8-14-10-5-6-10/h2-4,7,10,14H,5-6,8H2,1H3. The third-order valence-electron chi connectivity index (χ3n) is 3.10. The van der Waals surface area contributed by atoms with Crippen molar-refractivity contribution < 1.29 is 8.42 Å². The quantitative estimate of drug-likeness (QED) is 0.913. The monoisotopic (exact) mass is 309 g/mol. The highest BCUT2D eigenvalue weighted by Crippen LogP contribution is 2.26. The molecule has 0 bridgehead atoms. The zero-order chi connectivity index (χ0) is 14.2. The van der Waals surface area contributed by atoms with Gasteiger partial charge in [0.25, 0.3) is 0 Å². The van der Waals surface area contributed by atoms with Crippen LogP contribution in [0.25, 0.3) is 10.6 Å². The minimum atomic E-state index is -3.20.